The maximum Gasteiger partial charge on any atom is 0.356 e. The van der Waals surface area contributed by atoms with E-state index in [2.05, 4.69) is 9.97 Å². The summed E-state index contributed by atoms with van der Waals surface area (Å²) in [6.07, 6.45) is 5.04. The lowest BCUT2D eigenvalue weighted by molar-refractivity contribution is 0.0264. The fourth-order valence-corrected chi connectivity index (χ4v) is 2.29. The second-order valence-corrected chi connectivity index (χ2v) is 5.05. The van der Waals surface area contributed by atoms with Gasteiger partial charge in [0, 0.05) is 6.42 Å². The van der Waals surface area contributed by atoms with Gasteiger partial charge in [-0.2, -0.15) is 0 Å². The maximum absolute atomic E-state index is 11.9. The number of nitrogens with one attached hydrogen (secondary N) is 1. The first-order valence-corrected chi connectivity index (χ1v) is 6.30. The molecule has 1 aliphatic carbocycles. The number of imidazole rings is 1. The van der Waals surface area contributed by atoms with Crippen molar-refractivity contribution in [2.24, 2.45) is 5.73 Å². The van der Waals surface area contributed by atoms with Gasteiger partial charge in [-0.05, 0) is 19.3 Å². The minimum absolute atomic E-state index is 0.139. The van der Waals surface area contributed by atoms with Gasteiger partial charge in [-0.15, -0.1) is 0 Å². The van der Waals surface area contributed by atoms with Crippen LogP contribution in [-0.4, -0.2) is 35.3 Å². The Labute approximate surface area is 105 Å². The van der Waals surface area contributed by atoms with Gasteiger partial charge in [-0.3, -0.25) is 0 Å². The number of ether oxygens (including phenoxy) is 2. The lowest BCUT2D eigenvalue weighted by atomic mass is 9.77. The van der Waals surface area contributed by atoms with Gasteiger partial charge in [0.25, 0.3) is 0 Å². The van der Waals surface area contributed by atoms with Gasteiger partial charge in [-0.25, -0.2) is 9.78 Å². The number of hydrogen-bond donors (Lipinski definition) is 2. The molecule has 0 bridgehead atoms. The fourth-order valence-electron chi connectivity index (χ4n) is 2.29. The van der Waals surface area contributed by atoms with E-state index in [1.165, 1.54) is 6.20 Å². The van der Waals surface area contributed by atoms with Crippen molar-refractivity contribution in [1.82, 2.24) is 9.97 Å². The van der Waals surface area contributed by atoms with Crippen molar-refractivity contribution in [3.63, 3.8) is 0 Å². The molecule has 0 amide bonds. The predicted molar refractivity (Wildman–Crippen MR) is 62.9 cm³/mol. The van der Waals surface area contributed by atoms with Crippen LogP contribution in [0.25, 0.3) is 0 Å². The van der Waals surface area contributed by atoms with Gasteiger partial charge in [0.05, 0.1) is 24.9 Å². The zero-order valence-electron chi connectivity index (χ0n) is 10.1. The Hall–Kier alpha value is -1.40. The Morgan fingerprint density at radius 2 is 2.44 bits per heavy atom. The van der Waals surface area contributed by atoms with E-state index < -0.39 is 0 Å². The Kier molecular flexibility index (Phi) is 2.83. The molecule has 1 aromatic rings. The van der Waals surface area contributed by atoms with Crippen LogP contribution < -0.4 is 5.73 Å². The fraction of sp³-hybridized carbons (Fsp3) is 0.667. The first kappa shape index (κ1) is 11.7. The van der Waals surface area contributed by atoms with Crippen LogP contribution in [0.1, 0.15) is 42.0 Å². The summed E-state index contributed by atoms with van der Waals surface area (Å²) in [5.41, 5.74) is 6.12. The first-order chi connectivity index (χ1) is 8.67. The number of hydrogen-bond acceptors (Lipinski definition) is 5. The summed E-state index contributed by atoms with van der Waals surface area (Å²) < 4.78 is 10.5. The van der Waals surface area contributed by atoms with Gasteiger partial charge in [0.1, 0.15) is 17.6 Å². The standard InChI is InChI=1S/C12H17N3O3/c13-12(3-1-4-12)11-14-6-9(15-11)10(16)18-8-2-5-17-7-8/h6,8H,1-5,7,13H2,(H,14,15). The van der Waals surface area contributed by atoms with E-state index in [4.69, 9.17) is 15.2 Å². The van der Waals surface area contributed by atoms with Crippen molar-refractivity contribution in [3.8, 4) is 0 Å². The molecule has 2 heterocycles. The summed E-state index contributed by atoms with van der Waals surface area (Å²) in [7, 11) is 0. The smallest absolute Gasteiger partial charge is 0.356 e. The molecule has 1 aromatic heterocycles. The lowest BCUT2D eigenvalue weighted by Gasteiger charge is -2.35. The highest BCUT2D eigenvalue weighted by molar-refractivity contribution is 5.87. The van der Waals surface area contributed by atoms with E-state index in [9.17, 15) is 4.79 Å². The molecule has 0 radical (unpaired) electrons. The van der Waals surface area contributed by atoms with Gasteiger partial charge < -0.3 is 20.2 Å². The molecule has 1 unspecified atom stereocenters. The first-order valence-electron chi connectivity index (χ1n) is 6.30. The third-order valence-corrected chi connectivity index (χ3v) is 3.67. The number of carbonyl (C=O) groups excluding carboxylic acids is 1. The van der Waals surface area contributed by atoms with E-state index >= 15 is 0 Å². The van der Waals surface area contributed by atoms with Crippen LogP contribution in [0.3, 0.4) is 0 Å². The summed E-state index contributed by atoms with van der Waals surface area (Å²) in [4.78, 5) is 19.0. The number of aromatic amines is 1. The van der Waals surface area contributed by atoms with Crippen LogP contribution >= 0.6 is 0 Å². The van der Waals surface area contributed by atoms with Crippen molar-refractivity contribution in [2.45, 2.75) is 37.3 Å². The van der Waals surface area contributed by atoms with Crippen LogP contribution in [0.5, 0.6) is 0 Å². The number of nitrogens with two attached hydrogens (primary N) is 1. The van der Waals surface area contributed by atoms with Crippen molar-refractivity contribution < 1.29 is 14.3 Å². The van der Waals surface area contributed by atoms with E-state index in [0.29, 0.717) is 24.7 Å². The van der Waals surface area contributed by atoms with Gasteiger partial charge in [0.15, 0.2) is 0 Å². The molecule has 2 fully saturated rings. The average molecular weight is 251 g/mol. The molecular formula is C12H17N3O3. The Balaban J connectivity index is 1.66. The normalized spacial score (nSPS) is 25.7. The lowest BCUT2D eigenvalue weighted by Crippen LogP contribution is -2.44. The number of carbonyl (C=O) groups is 1. The zero-order chi connectivity index (χ0) is 12.6. The third-order valence-electron chi connectivity index (χ3n) is 3.67. The second kappa shape index (κ2) is 4.37. The van der Waals surface area contributed by atoms with Crippen LogP contribution in [0.15, 0.2) is 6.20 Å². The highest BCUT2D eigenvalue weighted by Gasteiger charge is 2.37. The molecule has 18 heavy (non-hydrogen) atoms. The molecule has 0 spiro atoms. The molecular weight excluding hydrogens is 234 g/mol. The molecule has 3 N–H and O–H groups in total. The van der Waals surface area contributed by atoms with Crippen molar-refractivity contribution >= 4 is 5.97 Å². The number of nitrogens with zero attached hydrogens (tertiary/aromatic N) is 1. The van der Waals surface area contributed by atoms with Crippen LogP contribution in [0.4, 0.5) is 0 Å². The van der Waals surface area contributed by atoms with Crippen molar-refractivity contribution in [2.75, 3.05) is 13.2 Å². The summed E-state index contributed by atoms with van der Waals surface area (Å²) in [6.45, 7) is 1.13. The predicted octanol–water partition coefficient (Wildman–Crippen LogP) is 0.693. The monoisotopic (exact) mass is 251 g/mol. The van der Waals surface area contributed by atoms with Crippen LogP contribution in [0.2, 0.25) is 0 Å². The van der Waals surface area contributed by atoms with Crippen LogP contribution in [-0.2, 0) is 15.0 Å². The van der Waals surface area contributed by atoms with Crippen molar-refractivity contribution in [3.05, 3.63) is 17.7 Å². The van der Waals surface area contributed by atoms with Gasteiger partial charge >= 0.3 is 5.97 Å². The third kappa shape index (κ3) is 2.02. The van der Waals surface area contributed by atoms with E-state index in [1.807, 2.05) is 0 Å². The molecule has 0 aromatic carbocycles. The molecule has 6 nitrogen and oxygen atoms in total. The SMILES string of the molecule is NC1(c2ncc(C(=O)OC3CCOC3)[nH]2)CCC1. The molecule has 3 rings (SSSR count). The highest BCUT2D eigenvalue weighted by Crippen LogP contribution is 2.36. The Morgan fingerprint density at radius 3 is 3.06 bits per heavy atom. The van der Waals surface area contributed by atoms with E-state index in [1.54, 1.807) is 0 Å². The Morgan fingerprint density at radius 1 is 1.61 bits per heavy atom. The van der Waals surface area contributed by atoms with Crippen LogP contribution in [0, 0.1) is 0 Å². The number of esters is 1. The second-order valence-electron chi connectivity index (χ2n) is 5.05. The minimum Gasteiger partial charge on any atom is -0.455 e. The van der Waals surface area contributed by atoms with Crippen molar-refractivity contribution in [1.29, 1.82) is 0 Å². The summed E-state index contributed by atoms with van der Waals surface area (Å²) in [6, 6.07) is 0. The maximum atomic E-state index is 11.9. The van der Waals surface area contributed by atoms with Gasteiger partial charge in [-0.1, -0.05) is 0 Å². The molecule has 2 aliphatic rings. The topological polar surface area (TPSA) is 90.2 Å². The molecule has 6 heteroatoms. The molecule has 1 saturated heterocycles. The largest absolute Gasteiger partial charge is 0.455 e. The summed E-state index contributed by atoms with van der Waals surface area (Å²) >= 11 is 0. The zero-order valence-corrected chi connectivity index (χ0v) is 10.1. The molecule has 1 saturated carbocycles. The molecule has 98 valence electrons. The van der Waals surface area contributed by atoms with Gasteiger partial charge in [0.2, 0.25) is 0 Å². The minimum atomic E-state index is -0.382. The number of aromatic nitrogens is 2. The number of rotatable bonds is 3. The highest BCUT2D eigenvalue weighted by atomic mass is 16.6. The summed E-state index contributed by atoms with van der Waals surface area (Å²) in [5.74, 6) is 0.301. The van der Waals surface area contributed by atoms with E-state index in [-0.39, 0.29) is 17.6 Å². The average Bonchev–Trinajstić information content (AvgIpc) is 2.95. The number of H-pyrrole nitrogens is 1. The Bertz CT molecular complexity index is 447. The summed E-state index contributed by atoms with van der Waals surface area (Å²) in [5, 5.41) is 0. The molecule has 1 aliphatic heterocycles. The van der Waals surface area contributed by atoms with E-state index in [0.717, 1.165) is 25.7 Å². The molecule has 1 atom stereocenters. The quantitative estimate of drug-likeness (QED) is 0.771.